The molecule has 0 bridgehead atoms. The van der Waals surface area contributed by atoms with Crippen molar-refractivity contribution < 1.29 is 9.47 Å². The molecule has 0 radical (unpaired) electrons. The van der Waals surface area contributed by atoms with E-state index in [-0.39, 0.29) is 11.7 Å². The molecule has 98 valence electrons. The normalized spacial score (nSPS) is 17.3. The van der Waals surface area contributed by atoms with E-state index in [0.717, 1.165) is 10.7 Å². The predicted molar refractivity (Wildman–Crippen MR) is 79.2 cm³/mol. The van der Waals surface area contributed by atoms with Crippen molar-refractivity contribution in [3.63, 3.8) is 0 Å². The average molecular weight is 378 g/mol. The molecule has 6 heteroatoms. The third-order valence-corrected chi connectivity index (χ3v) is 5.68. The molecule has 0 N–H and O–H groups in total. The molecule has 1 aliphatic heterocycles. The Morgan fingerprint density at radius 1 is 1.56 bits per heavy atom. The van der Waals surface area contributed by atoms with Crippen LogP contribution in [0.25, 0.3) is 4.96 Å². The van der Waals surface area contributed by atoms with Gasteiger partial charge in [-0.25, -0.2) is 4.98 Å². The molecule has 3 rings (SSSR count). The van der Waals surface area contributed by atoms with Gasteiger partial charge in [0.1, 0.15) is 9.80 Å². The Hall–Kier alpha value is -0.180. The van der Waals surface area contributed by atoms with Gasteiger partial charge in [0.2, 0.25) is 0 Å². The van der Waals surface area contributed by atoms with E-state index in [2.05, 4.69) is 52.0 Å². The van der Waals surface area contributed by atoms with Crippen molar-refractivity contribution in [2.75, 3.05) is 13.2 Å². The average Bonchev–Trinajstić information content (AvgIpc) is 2.76. The molecule has 18 heavy (non-hydrogen) atoms. The molecule has 1 fully saturated rings. The molecular weight excluding hydrogens is 363 g/mol. The minimum atomic E-state index is -0.281. The van der Waals surface area contributed by atoms with Gasteiger partial charge in [0.25, 0.3) is 0 Å². The van der Waals surface area contributed by atoms with E-state index in [1.807, 2.05) is 6.92 Å². The van der Waals surface area contributed by atoms with Crippen LogP contribution in [-0.4, -0.2) is 28.7 Å². The van der Waals surface area contributed by atoms with Gasteiger partial charge < -0.3 is 9.47 Å². The summed E-state index contributed by atoms with van der Waals surface area (Å²) < 4.78 is 14.5. The van der Waals surface area contributed by atoms with Gasteiger partial charge >= 0.3 is 0 Å². The summed E-state index contributed by atoms with van der Waals surface area (Å²) in [5.41, 5.74) is 0.802. The van der Waals surface area contributed by atoms with Gasteiger partial charge in [0.05, 0.1) is 29.4 Å². The lowest BCUT2D eigenvalue weighted by Gasteiger charge is -2.34. The molecular formula is C12H15IN2O2S. The Kier molecular flexibility index (Phi) is 3.16. The van der Waals surface area contributed by atoms with Gasteiger partial charge in [-0.15, -0.1) is 0 Å². The van der Waals surface area contributed by atoms with E-state index in [4.69, 9.17) is 9.47 Å². The number of rotatable bonds is 3. The number of hydrogen-bond acceptors (Lipinski definition) is 4. The lowest BCUT2D eigenvalue weighted by atomic mass is 10.1. The zero-order valence-electron chi connectivity index (χ0n) is 10.6. The summed E-state index contributed by atoms with van der Waals surface area (Å²) in [4.78, 5) is 6.79. The van der Waals surface area contributed by atoms with Crippen LogP contribution >= 0.6 is 33.9 Å². The third kappa shape index (κ3) is 2.09. The molecule has 0 spiro atoms. The van der Waals surface area contributed by atoms with Gasteiger partial charge in [-0.2, -0.15) is 0 Å². The predicted octanol–water partition coefficient (Wildman–Crippen LogP) is 2.96. The Bertz CT molecular complexity index is 586. The van der Waals surface area contributed by atoms with Gasteiger partial charge in [0.15, 0.2) is 4.96 Å². The number of thiazole rings is 1. The summed E-state index contributed by atoms with van der Waals surface area (Å²) in [7, 11) is 0. The summed E-state index contributed by atoms with van der Waals surface area (Å²) >= 11 is 4.03. The van der Waals surface area contributed by atoms with E-state index < -0.39 is 0 Å². The lowest BCUT2D eigenvalue weighted by Crippen LogP contribution is -2.41. The lowest BCUT2D eigenvalue weighted by molar-refractivity contribution is -0.184. The fourth-order valence-corrected chi connectivity index (χ4v) is 3.69. The van der Waals surface area contributed by atoms with E-state index in [0.29, 0.717) is 13.2 Å². The first kappa shape index (κ1) is 12.8. The van der Waals surface area contributed by atoms with Crippen LogP contribution in [0.5, 0.6) is 0 Å². The van der Waals surface area contributed by atoms with Crippen molar-refractivity contribution >= 4 is 38.9 Å². The second kappa shape index (κ2) is 4.43. The molecule has 3 heterocycles. The summed E-state index contributed by atoms with van der Waals surface area (Å²) in [5.74, 6) is 0. The van der Waals surface area contributed by atoms with E-state index >= 15 is 0 Å². The van der Waals surface area contributed by atoms with Crippen molar-refractivity contribution in [1.29, 1.82) is 0 Å². The summed E-state index contributed by atoms with van der Waals surface area (Å²) in [5, 5.41) is 0. The molecule has 2 aromatic rings. The molecule has 0 saturated carbocycles. The molecule has 1 aliphatic rings. The standard InChI is InChI=1S/C12H15IN2O2S/c1-7-10(13)15-4-9(18-11(15)14-7)12(2,3)17-8-5-16-6-8/h4,8H,5-6H2,1-3H3. The minimum Gasteiger partial charge on any atom is -0.376 e. The number of aromatic nitrogens is 2. The topological polar surface area (TPSA) is 35.8 Å². The van der Waals surface area contributed by atoms with Crippen molar-refractivity contribution in [3.8, 4) is 0 Å². The Balaban J connectivity index is 1.92. The number of aryl methyl sites for hydroxylation is 1. The highest BCUT2D eigenvalue weighted by molar-refractivity contribution is 14.1. The van der Waals surface area contributed by atoms with Crippen molar-refractivity contribution in [1.82, 2.24) is 9.38 Å². The maximum Gasteiger partial charge on any atom is 0.195 e. The molecule has 0 unspecified atom stereocenters. The van der Waals surface area contributed by atoms with Crippen LogP contribution in [0.15, 0.2) is 6.20 Å². The number of nitrogens with zero attached hydrogens (tertiary/aromatic N) is 2. The third-order valence-electron chi connectivity index (χ3n) is 3.09. The van der Waals surface area contributed by atoms with E-state index in [1.165, 1.54) is 8.58 Å². The summed E-state index contributed by atoms with van der Waals surface area (Å²) in [6.07, 6.45) is 2.37. The largest absolute Gasteiger partial charge is 0.376 e. The van der Waals surface area contributed by atoms with Crippen LogP contribution in [-0.2, 0) is 15.1 Å². The quantitative estimate of drug-likeness (QED) is 0.771. The van der Waals surface area contributed by atoms with Gasteiger partial charge in [-0.05, 0) is 43.4 Å². The highest BCUT2D eigenvalue weighted by atomic mass is 127. The number of hydrogen-bond donors (Lipinski definition) is 0. The smallest absolute Gasteiger partial charge is 0.195 e. The minimum absolute atomic E-state index is 0.232. The Morgan fingerprint density at radius 2 is 2.28 bits per heavy atom. The SMILES string of the molecule is Cc1nc2sc(C(C)(C)OC3COC3)cn2c1I. The second-order valence-electron chi connectivity index (χ2n) is 5.02. The molecule has 0 amide bonds. The van der Waals surface area contributed by atoms with Crippen molar-refractivity contribution in [3.05, 3.63) is 20.5 Å². The van der Waals surface area contributed by atoms with Gasteiger partial charge in [-0.3, -0.25) is 4.40 Å². The highest BCUT2D eigenvalue weighted by Gasteiger charge is 2.32. The van der Waals surface area contributed by atoms with Crippen molar-refractivity contribution in [2.45, 2.75) is 32.5 Å². The van der Waals surface area contributed by atoms with Gasteiger partial charge in [0, 0.05) is 6.20 Å². The van der Waals surface area contributed by atoms with Crippen LogP contribution in [0.1, 0.15) is 24.4 Å². The van der Waals surface area contributed by atoms with Crippen LogP contribution in [0.4, 0.5) is 0 Å². The molecule has 0 aromatic carbocycles. The van der Waals surface area contributed by atoms with Crippen LogP contribution in [0.3, 0.4) is 0 Å². The molecule has 1 saturated heterocycles. The number of fused-ring (bicyclic) bond motifs is 1. The molecule has 4 nitrogen and oxygen atoms in total. The Morgan fingerprint density at radius 3 is 2.83 bits per heavy atom. The van der Waals surface area contributed by atoms with Crippen LogP contribution < -0.4 is 0 Å². The second-order valence-corrected chi connectivity index (χ2v) is 7.05. The number of imidazole rings is 1. The zero-order valence-corrected chi connectivity index (χ0v) is 13.5. The monoisotopic (exact) mass is 378 g/mol. The first-order valence-electron chi connectivity index (χ1n) is 5.87. The Labute approximate surface area is 123 Å². The first-order valence-corrected chi connectivity index (χ1v) is 7.77. The molecule has 0 aliphatic carbocycles. The maximum absolute atomic E-state index is 6.07. The summed E-state index contributed by atoms with van der Waals surface area (Å²) in [6.45, 7) is 7.67. The van der Waals surface area contributed by atoms with Crippen LogP contribution in [0.2, 0.25) is 0 Å². The zero-order chi connectivity index (χ0) is 12.9. The van der Waals surface area contributed by atoms with Crippen LogP contribution in [0, 0.1) is 10.6 Å². The summed E-state index contributed by atoms with van der Waals surface area (Å²) in [6, 6.07) is 0. The number of halogens is 1. The van der Waals surface area contributed by atoms with Gasteiger partial charge in [-0.1, -0.05) is 11.3 Å². The highest BCUT2D eigenvalue weighted by Crippen LogP contribution is 2.34. The first-order chi connectivity index (χ1) is 8.47. The number of ether oxygens (including phenoxy) is 2. The maximum atomic E-state index is 6.07. The van der Waals surface area contributed by atoms with E-state index in [9.17, 15) is 0 Å². The van der Waals surface area contributed by atoms with Crippen molar-refractivity contribution in [2.24, 2.45) is 0 Å². The fraction of sp³-hybridized carbons (Fsp3) is 0.583. The van der Waals surface area contributed by atoms with E-state index in [1.54, 1.807) is 11.3 Å². The fourth-order valence-electron chi connectivity index (χ4n) is 1.96. The molecule has 2 aromatic heterocycles. The molecule has 0 atom stereocenters.